The molecule has 0 spiro atoms. The van der Waals surface area contributed by atoms with Gasteiger partial charge in [-0.3, -0.25) is 0 Å². The van der Waals surface area contributed by atoms with Gasteiger partial charge < -0.3 is 9.15 Å². The van der Waals surface area contributed by atoms with E-state index in [1.807, 2.05) is 19.9 Å². The molecule has 0 saturated heterocycles. The maximum atomic E-state index is 12.5. The Labute approximate surface area is 131 Å². The summed E-state index contributed by atoms with van der Waals surface area (Å²) in [5, 5.41) is 0. The molecule has 2 rings (SSSR count). The Hall–Kier alpha value is -1.79. The molecule has 5 nitrogen and oxygen atoms in total. The molecule has 1 N–H and O–H groups in total. The number of nitrogens with one attached hydrogen (secondary N) is 1. The van der Waals surface area contributed by atoms with Gasteiger partial charge in [0.25, 0.3) is 0 Å². The van der Waals surface area contributed by atoms with Crippen LogP contribution in [0, 0.1) is 13.8 Å². The van der Waals surface area contributed by atoms with Crippen LogP contribution in [0.4, 0.5) is 0 Å². The van der Waals surface area contributed by atoms with Crippen LogP contribution in [0.1, 0.15) is 30.2 Å². The third kappa shape index (κ3) is 3.90. The topological polar surface area (TPSA) is 68.5 Å². The van der Waals surface area contributed by atoms with Crippen LogP contribution in [-0.2, 0) is 16.6 Å². The predicted molar refractivity (Wildman–Crippen MR) is 84.4 cm³/mol. The fourth-order valence-corrected chi connectivity index (χ4v) is 3.36. The molecule has 120 valence electrons. The molecule has 0 aliphatic carbocycles. The molecule has 0 unspecified atom stereocenters. The molecule has 1 aromatic heterocycles. The van der Waals surface area contributed by atoms with Crippen LogP contribution < -0.4 is 9.46 Å². The maximum Gasteiger partial charge on any atom is 0.241 e. The highest BCUT2D eigenvalue weighted by Gasteiger charge is 2.19. The molecule has 0 aliphatic heterocycles. The van der Waals surface area contributed by atoms with E-state index >= 15 is 0 Å². The first-order valence-electron chi connectivity index (χ1n) is 7.20. The zero-order valence-corrected chi connectivity index (χ0v) is 13.9. The Balaban J connectivity index is 2.25. The molecule has 22 heavy (non-hydrogen) atoms. The Bertz CT molecular complexity index is 721. The number of hydrogen-bond donors (Lipinski definition) is 1. The summed E-state index contributed by atoms with van der Waals surface area (Å²) in [6, 6.07) is 6.86. The maximum absolute atomic E-state index is 12.5. The number of ether oxygens (including phenoxy) is 1. The number of hydrogen-bond acceptors (Lipinski definition) is 4. The van der Waals surface area contributed by atoms with E-state index in [1.54, 1.807) is 25.1 Å². The van der Waals surface area contributed by atoms with Gasteiger partial charge in [0.1, 0.15) is 11.5 Å². The van der Waals surface area contributed by atoms with Crippen LogP contribution in [0.25, 0.3) is 0 Å². The molecule has 1 aromatic carbocycles. The molecule has 0 bridgehead atoms. The van der Waals surface area contributed by atoms with E-state index in [1.165, 1.54) is 6.26 Å². The van der Waals surface area contributed by atoms with Crippen LogP contribution in [0.2, 0.25) is 0 Å². The SMILES string of the molecule is CCCOc1cc(S(=O)(=O)NCc2ccco2)c(C)cc1C. The molecule has 0 fully saturated rings. The number of furan rings is 1. The van der Waals surface area contributed by atoms with Crippen LogP contribution in [0.3, 0.4) is 0 Å². The van der Waals surface area contributed by atoms with Crippen LogP contribution >= 0.6 is 0 Å². The number of aryl methyl sites for hydroxylation is 2. The van der Waals surface area contributed by atoms with Gasteiger partial charge in [-0.05, 0) is 43.5 Å². The smallest absolute Gasteiger partial charge is 0.241 e. The van der Waals surface area contributed by atoms with Gasteiger partial charge in [-0.15, -0.1) is 0 Å². The van der Waals surface area contributed by atoms with Crippen LogP contribution in [0.15, 0.2) is 39.8 Å². The van der Waals surface area contributed by atoms with Gasteiger partial charge in [0.15, 0.2) is 0 Å². The minimum atomic E-state index is -3.62. The van der Waals surface area contributed by atoms with E-state index in [9.17, 15) is 8.42 Å². The summed E-state index contributed by atoms with van der Waals surface area (Å²) in [4.78, 5) is 0.232. The highest BCUT2D eigenvalue weighted by molar-refractivity contribution is 7.89. The van der Waals surface area contributed by atoms with Crippen molar-refractivity contribution in [1.29, 1.82) is 0 Å². The summed E-state index contributed by atoms with van der Waals surface area (Å²) in [6.07, 6.45) is 2.38. The average Bonchev–Trinajstić information content (AvgIpc) is 2.97. The first-order valence-corrected chi connectivity index (χ1v) is 8.68. The number of sulfonamides is 1. The second-order valence-electron chi connectivity index (χ2n) is 5.14. The molecule has 1 heterocycles. The summed E-state index contributed by atoms with van der Waals surface area (Å²) in [5.41, 5.74) is 1.62. The van der Waals surface area contributed by atoms with Crippen molar-refractivity contribution in [2.75, 3.05) is 6.61 Å². The Morgan fingerprint density at radius 3 is 2.64 bits per heavy atom. The zero-order valence-electron chi connectivity index (χ0n) is 13.0. The lowest BCUT2D eigenvalue weighted by atomic mass is 10.1. The average molecular weight is 323 g/mol. The van der Waals surface area contributed by atoms with E-state index in [-0.39, 0.29) is 11.4 Å². The summed E-state index contributed by atoms with van der Waals surface area (Å²) in [7, 11) is -3.62. The Morgan fingerprint density at radius 2 is 2.00 bits per heavy atom. The van der Waals surface area contributed by atoms with Crippen LogP contribution in [0.5, 0.6) is 5.75 Å². The van der Waals surface area contributed by atoms with Gasteiger partial charge in [0.05, 0.1) is 24.3 Å². The fourth-order valence-electron chi connectivity index (χ4n) is 2.13. The third-order valence-electron chi connectivity index (χ3n) is 3.24. The highest BCUT2D eigenvalue weighted by Crippen LogP contribution is 2.26. The molecule has 6 heteroatoms. The van der Waals surface area contributed by atoms with Gasteiger partial charge in [-0.25, -0.2) is 13.1 Å². The van der Waals surface area contributed by atoms with Gasteiger partial charge in [0, 0.05) is 6.07 Å². The van der Waals surface area contributed by atoms with Gasteiger partial charge in [-0.1, -0.05) is 13.0 Å². The van der Waals surface area contributed by atoms with Crippen molar-refractivity contribution in [1.82, 2.24) is 4.72 Å². The van der Waals surface area contributed by atoms with Crippen molar-refractivity contribution < 1.29 is 17.6 Å². The second-order valence-corrected chi connectivity index (χ2v) is 6.87. The molecular formula is C16H21NO4S. The molecule has 0 aliphatic rings. The normalized spacial score (nSPS) is 11.6. The minimum absolute atomic E-state index is 0.119. The van der Waals surface area contributed by atoms with Crippen molar-refractivity contribution in [3.8, 4) is 5.75 Å². The van der Waals surface area contributed by atoms with E-state index in [0.717, 1.165) is 12.0 Å². The molecule has 2 aromatic rings. The minimum Gasteiger partial charge on any atom is -0.493 e. The Morgan fingerprint density at radius 1 is 1.23 bits per heavy atom. The van der Waals surface area contributed by atoms with Gasteiger partial charge in [0.2, 0.25) is 10.0 Å². The third-order valence-corrected chi connectivity index (χ3v) is 4.78. The molecule has 0 radical (unpaired) electrons. The van der Waals surface area contributed by atoms with Gasteiger partial charge >= 0.3 is 0 Å². The second kappa shape index (κ2) is 6.98. The van der Waals surface area contributed by atoms with Gasteiger partial charge in [-0.2, -0.15) is 0 Å². The lowest BCUT2D eigenvalue weighted by Gasteiger charge is -2.14. The Kier molecular flexibility index (Phi) is 5.26. The monoisotopic (exact) mass is 323 g/mol. The fraction of sp³-hybridized carbons (Fsp3) is 0.375. The van der Waals surface area contributed by atoms with Crippen molar-refractivity contribution in [3.05, 3.63) is 47.4 Å². The first-order chi connectivity index (χ1) is 10.4. The molecule has 0 amide bonds. The predicted octanol–water partition coefficient (Wildman–Crippen LogP) is 3.16. The summed E-state index contributed by atoms with van der Waals surface area (Å²) >= 11 is 0. The van der Waals surface area contributed by atoms with E-state index < -0.39 is 10.0 Å². The number of benzene rings is 1. The zero-order chi connectivity index (χ0) is 16.2. The lowest BCUT2D eigenvalue weighted by Crippen LogP contribution is -2.24. The molecular weight excluding hydrogens is 302 g/mol. The van der Waals surface area contributed by atoms with E-state index in [4.69, 9.17) is 9.15 Å². The highest BCUT2D eigenvalue weighted by atomic mass is 32.2. The van der Waals surface area contributed by atoms with Crippen molar-refractivity contribution in [3.63, 3.8) is 0 Å². The van der Waals surface area contributed by atoms with Crippen molar-refractivity contribution >= 4 is 10.0 Å². The standard InChI is InChI=1S/C16H21NO4S/c1-4-7-21-15-10-16(13(3)9-12(15)2)22(18,19)17-11-14-6-5-8-20-14/h5-6,8-10,17H,4,7,11H2,1-3H3. The molecule has 0 atom stereocenters. The summed E-state index contributed by atoms with van der Waals surface area (Å²) in [6.45, 7) is 6.37. The lowest BCUT2D eigenvalue weighted by molar-refractivity contribution is 0.314. The quantitative estimate of drug-likeness (QED) is 0.850. The largest absolute Gasteiger partial charge is 0.493 e. The van der Waals surface area contributed by atoms with Crippen molar-refractivity contribution in [2.24, 2.45) is 0 Å². The van der Waals surface area contributed by atoms with Crippen molar-refractivity contribution in [2.45, 2.75) is 38.6 Å². The van der Waals surface area contributed by atoms with Crippen LogP contribution in [-0.4, -0.2) is 15.0 Å². The number of rotatable bonds is 7. The van der Waals surface area contributed by atoms with E-state index in [0.29, 0.717) is 23.7 Å². The summed E-state index contributed by atoms with van der Waals surface area (Å²) in [5.74, 6) is 1.17. The van der Waals surface area contributed by atoms with E-state index in [2.05, 4.69) is 4.72 Å². The summed E-state index contributed by atoms with van der Waals surface area (Å²) < 4.78 is 38.3. The first kappa shape index (κ1) is 16.6. The molecule has 0 saturated carbocycles.